The SMILES string of the molecule is N#C/C(=N\Nc1cccc(-c2cc(C(=O)O)c3ccccc3n2)c1)C(=N)N. The molecule has 0 atom stereocenters. The highest BCUT2D eigenvalue weighted by molar-refractivity contribution is 6.45. The van der Waals surface area contributed by atoms with E-state index in [-0.39, 0.29) is 11.3 Å². The average Bonchev–Trinajstić information content (AvgIpc) is 2.67. The van der Waals surface area contributed by atoms with Gasteiger partial charge in [-0.1, -0.05) is 30.3 Å². The van der Waals surface area contributed by atoms with Crippen LogP contribution in [0, 0.1) is 16.7 Å². The Kier molecular flexibility index (Phi) is 4.77. The van der Waals surface area contributed by atoms with Crippen molar-refractivity contribution in [2.45, 2.75) is 0 Å². The van der Waals surface area contributed by atoms with Crippen molar-refractivity contribution in [1.29, 1.82) is 10.7 Å². The molecule has 0 aliphatic carbocycles. The third kappa shape index (κ3) is 3.72. The minimum absolute atomic E-state index is 0.162. The summed E-state index contributed by atoms with van der Waals surface area (Å²) in [5.41, 5.74) is 10.1. The van der Waals surface area contributed by atoms with Crippen LogP contribution >= 0.6 is 0 Å². The zero-order valence-corrected chi connectivity index (χ0v) is 14.0. The quantitative estimate of drug-likeness (QED) is 0.313. The standard InChI is InChI=1S/C19H14N6O2/c20-10-17(18(21)22)25-24-12-5-3-4-11(8-12)16-9-14(19(26)27)13-6-1-2-7-15(13)23-16/h1-9,24H,(H3,21,22)(H,26,27)/b25-17+. The number of pyridine rings is 1. The lowest BCUT2D eigenvalue weighted by atomic mass is 10.0. The molecule has 2 aromatic carbocycles. The van der Waals surface area contributed by atoms with E-state index >= 15 is 0 Å². The maximum Gasteiger partial charge on any atom is 0.336 e. The number of nitrogens with one attached hydrogen (secondary N) is 2. The van der Waals surface area contributed by atoms with Crippen LogP contribution < -0.4 is 11.2 Å². The van der Waals surface area contributed by atoms with E-state index in [4.69, 9.17) is 16.4 Å². The van der Waals surface area contributed by atoms with Crippen LogP contribution in [0.5, 0.6) is 0 Å². The lowest BCUT2D eigenvalue weighted by Crippen LogP contribution is -2.21. The molecule has 1 heterocycles. The summed E-state index contributed by atoms with van der Waals surface area (Å²) in [6, 6.07) is 17.2. The van der Waals surface area contributed by atoms with E-state index in [1.165, 1.54) is 6.07 Å². The zero-order valence-electron chi connectivity index (χ0n) is 14.0. The number of nitriles is 1. The molecule has 8 nitrogen and oxygen atoms in total. The van der Waals surface area contributed by atoms with Crippen LogP contribution in [0.15, 0.2) is 59.7 Å². The molecule has 0 saturated carbocycles. The summed E-state index contributed by atoms with van der Waals surface area (Å²) in [7, 11) is 0. The Balaban J connectivity index is 2.04. The van der Waals surface area contributed by atoms with Crippen LogP contribution in [0.25, 0.3) is 22.2 Å². The molecule has 8 heteroatoms. The second kappa shape index (κ2) is 7.33. The summed E-state index contributed by atoms with van der Waals surface area (Å²) < 4.78 is 0. The van der Waals surface area contributed by atoms with Crippen LogP contribution in [-0.4, -0.2) is 27.6 Å². The van der Waals surface area contributed by atoms with Crippen LogP contribution in [0.1, 0.15) is 10.4 Å². The number of fused-ring (bicyclic) bond motifs is 1. The number of hydrogen-bond acceptors (Lipinski definition) is 6. The fourth-order valence-corrected chi connectivity index (χ4v) is 2.51. The van der Waals surface area contributed by atoms with Gasteiger partial charge >= 0.3 is 5.97 Å². The fraction of sp³-hybridized carbons (Fsp3) is 0. The van der Waals surface area contributed by atoms with Gasteiger partial charge in [-0.25, -0.2) is 9.78 Å². The first-order valence-electron chi connectivity index (χ1n) is 7.81. The number of hydrazone groups is 1. The Morgan fingerprint density at radius 1 is 1.22 bits per heavy atom. The summed E-state index contributed by atoms with van der Waals surface area (Å²) in [6.07, 6.45) is 0. The lowest BCUT2D eigenvalue weighted by Gasteiger charge is -2.08. The summed E-state index contributed by atoms with van der Waals surface area (Å²) in [4.78, 5) is 16.2. The molecule has 0 aliphatic heterocycles. The van der Waals surface area contributed by atoms with Crippen LogP contribution in [0.2, 0.25) is 0 Å². The molecule has 0 amide bonds. The van der Waals surface area contributed by atoms with E-state index in [1.54, 1.807) is 54.6 Å². The van der Waals surface area contributed by atoms with E-state index in [0.29, 0.717) is 27.8 Å². The van der Waals surface area contributed by atoms with Crippen molar-refractivity contribution in [3.05, 3.63) is 60.2 Å². The van der Waals surface area contributed by atoms with Gasteiger partial charge in [-0.2, -0.15) is 10.4 Å². The van der Waals surface area contributed by atoms with Crippen LogP contribution in [-0.2, 0) is 0 Å². The predicted molar refractivity (Wildman–Crippen MR) is 103 cm³/mol. The van der Waals surface area contributed by atoms with E-state index in [0.717, 1.165) is 0 Å². The van der Waals surface area contributed by atoms with E-state index in [2.05, 4.69) is 15.5 Å². The molecule has 3 aromatic rings. The highest BCUT2D eigenvalue weighted by Crippen LogP contribution is 2.26. The Hall–Kier alpha value is -4.25. The van der Waals surface area contributed by atoms with Gasteiger partial charge < -0.3 is 10.8 Å². The van der Waals surface area contributed by atoms with Crippen molar-refractivity contribution < 1.29 is 9.90 Å². The first-order chi connectivity index (χ1) is 13.0. The molecule has 0 bridgehead atoms. The van der Waals surface area contributed by atoms with Gasteiger partial charge in [0.15, 0.2) is 5.84 Å². The van der Waals surface area contributed by atoms with Gasteiger partial charge in [-0.15, -0.1) is 0 Å². The van der Waals surface area contributed by atoms with Crippen molar-refractivity contribution in [2.75, 3.05) is 5.43 Å². The molecule has 0 fully saturated rings. The number of aromatic nitrogens is 1. The van der Waals surface area contributed by atoms with Gasteiger partial charge in [0.2, 0.25) is 5.71 Å². The topological polar surface area (TPSA) is 148 Å². The smallest absolute Gasteiger partial charge is 0.336 e. The Labute approximate surface area is 154 Å². The number of nitrogens with zero attached hydrogens (tertiary/aromatic N) is 3. The molecule has 3 rings (SSSR count). The molecule has 0 spiro atoms. The highest BCUT2D eigenvalue weighted by Gasteiger charge is 2.13. The number of carboxylic acid groups (broad SMARTS) is 1. The van der Waals surface area contributed by atoms with Crippen molar-refractivity contribution in [3.63, 3.8) is 0 Å². The number of rotatable bonds is 5. The first-order valence-corrected chi connectivity index (χ1v) is 7.81. The average molecular weight is 358 g/mol. The van der Waals surface area contributed by atoms with Gasteiger partial charge in [0.05, 0.1) is 22.5 Å². The lowest BCUT2D eigenvalue weighted by molar-refractivity contribution is 0.0699. The summed E-state index contributed by atoms with van der Waals surface area (Å²) in [6.45, 7) is 0. The summed E-state index contributed by atoms with van der Waals surface area (Å²) >= 11 is 0. The number of carboxylic acids is 1. The zero-order chi connectivity index (χ0) is 19.4. The van der Waals surface area contributed by atoms with E-state index in [1.807, 2.05) is 0 Å². The number of hydrogen-bond donors (Lipinski definition) is 4. The second-order valence-corrected chi connectivity index (χ2v) is 5.56. The number of para-hydroxylation sites is 1. The van der Waals surface area contributed by atoms with Crippen molar-refractivity contribution >= 4 is 34.1 Å². The van der Waals surface area contributed by atoms with Gasteiger partial charge in [-0.3, -0.25) is 10.8 Å². The number of carbonyl (C=O) groups is 1. The molecule has 1 aromatic heterocycles. The first kappa shape index (κ1) is 17.6. The van der Waals surface area contributed by atoms with Crippen LogP contribution in [0.3, 0.4) is 0 Å². The van der Waals surface area contributed by atoms with Crippen LogP contribution in [0.4, 0.5) is 5.69 Å². The summed E-state index contributed by atoms with van der Waals surface area (Å²) in [5, 5.41) is 30.0. The fourth-order valence-electron chi connectivity index (χ4n) is 2.51. The van der Waals surface area contributed by atoms with Crippen molar-refractivity contribution in [3.8, 4) is 17.3 Å². The maximum atomic E-state index is 11.6. The third-order valence-corrected chi connectivity index (χ3v) is 3.76. The molecule has 0 saturated heterocycles. The predicted octanol–water partition coefficient (Wildman–Crippen LogP) is 2.83. The molecule has 27 heavy (non-hydrogen) atoms. The molecular weight excluding hydrogens is 344 g/mol. The number of aromatic carboxylic acids is 1. The Bertz CT molecular complexity index is 1130. The molecule has 5 N–H and O–H groups in total. The second-order valence-electron chi connectivity index (χ2n) is 5.56. The summed E-state index contributed by atoms with van der Waals surface area (Å²) in [5.74, 6) is -1.47. The van der Waals surface area contributed by atoms with Crippen molar-refractivity contribution in [1.82, 2.24) is 4.98 Å². The minimum atomic E-state index is -1.03. The third-order valence-electron chi connectivity index (χ3n) is 3.76. The normalized spacial score (nSPS) is 11.0. The van der Waals surface area contributed by atoms with Gasteiger partial charge in [-0.05, 0) is 24.3 Å². The molecule has 0 radical (unpaired) electrons. The maximum absolute atomic E-state index is 11.6. The monoisotopic (exact) mass is 358 g/mol. The van der Waals surface area contributed by atoms with E-state index < -0.39 is 11.8 Å². The van der Waals surface area contributed by atoms with Gasteiger partial charge in [0, 0.05) is 10.9 Å². The Morgan fingerprint density at radius 2 is 2.00 bits per heavy atom. The van der Waals surface area contributed by atoms with Crippen molar-refractivity contribution in [2.24, 2.45) is 10.8 Å². The number of anilines is 1. The number of nitrogens with two attached hydrogens (primary N) is 1. The number of benzene rings is 2. The molecule has 0 unspecified atom stereocenters. The highest BCUT2D eigenvalue weighted by atomic mass is 16.4. The van der Waals surface area contributed by atoms with Gasteiger partial charge in [0.1, 0.15) is 6.07 Å². The Morgan fingerprint density at radius 3 is 2.70 bits per heavy atom. The minimum Gasteiger partial charge on any atom is -0.478 e. The molecule has 132 valence electrons. The molecule has 0 aliphatic rings. The van der Waals surface area contributed by atoms with Gasteiger partial charge in [0.25, 0.3) is 0 Å². The largest absolute Gasteiger partial charge is 0.478 e. The van der Waals surface area contributed by atoms with E-state index in [9.17, 15) is 9.90 Å². The number of amidine groups is 1. The molecular formula is C19H14N6O2.